The highest BCUT2D eigenvalue weighted by atomic mass is 16.3. The molecule has 0 spiro atoms. The Labute approximate surface area is 68.6 Å². The number of aliphatic hydroxyl groups excluding tert-OH is 1. The molecule has 0 bridgehead atoms. The third kappa shape index (κ3) is 6.05. The maximum atomic E-state index is 10.9. The first-order valence-electron chi connectivity index (χ1n) is 4.24. The van der Waals surface area contributed by atoms with Crippen LogP contribution in [-0.2, 0) is 4.79 Å². The third-order valence-corrected chi connectivity index (χ3v) is 1.67. The third-order valence-electron chi connectivity index (χ3n) is 1.67. The predicted molar refractivity (Wildman–Crippen MR) is 45.4 cm³/mol. The summed E-state index contributed by atoms with van der Waals surface area (Å²) in [5.41, 5.74) is 0. The van der Waals surface area contributed by atoms with Gasteiger partial charge < -0.3 is 5.11 Å². The van der Waals surface area contributed by atoms with Crippen LogP contribution in [0.2, 0.25) is 0 Å². The molecule has 2 heteroatoms. The summed E-state index contributed by atoms with van der Waals surface area (Å²) >= 11 is 0. The summed E-state index contributed by atoms with van der Waals surface area (Å²) < 4.78 is 0. The Bertz CT molecular complexity index is 117. The van der Waals surface area contributed by atoms with E-state index in [2.05, 4.69) is 13.8 Å². The summed E-state index contributed by atoms with van der Waals surface area (Å²) in [6.07, 6.45) is 1.72. The molecule has 1 atom stereocenters. The molecule has 0 saturated heterocycles. The molecule has 1 unspecified atom stereocenters. The number of carbonyl (C=O) groups excluding carboxylic acids is 1. The highest BCUT2D eigenvalue weighted by Gasteiger charge is 2.07. The van der Waals surface area contributed by atoms with Gasteiger partial charge in [-0.1, -0.05) is 20.3 Å². The SMILES string of the molecule is CC(C)CCCC(=O)C(C)O. The summed E-state index contributed by atoms with van der Waals surface area (Å²) in [4.78, 5) is 10.9. The lowest BCUT2D eigenvalue weighted by atomic mass is 10.0. The van der Waals surface area contributed by atoms with E-state index in [9.17, 15) is 4.79 Å². The fourth-order valence-electron chi connectivity index (χ4n) is 0.893. The monoisotopic (exact) mass is 158 g/mol. The highest BCUT2D eigenvalue weighted by molar-refractivity contribution is 5.82. The molecule has 1 N–H and O–H groups in total. The molecule has 0 aliphatic carbocycles. The van der Waals surface area contributed by atoms with E-state index >= 15 is 0 Å². The van der Waals surface area contributed by atoms with Crippen LogP contribution in [0.1, 0.15) is 40.0 Å². The first kappa shape index (κ1) is 10.6. The van der Waals surface area contributed by atoms with E-state index in [1.54, 1.807) is 0 Å². The van der Waals surface area contributed by atoms with Crippen molar-refractivity contribution in [2.45, 2.75) is 46.1 Å². The average molecular weight is 158 g/mol. The van der Waals surface area contributed by atoms with Gasteiger partial charge in [0, 0.05) is 6.42 Å². The number of carbonyl (C=O) groups is 1. The average Bonchev–Trinajstić information content (AvgIpc) is 1.86. The maximum absolute atomic E-state index is 10.9. The van der Waals surface area contributed by atoms with E-state index in [1.165, 1.54) is 6.92 Å². The first-order valence-corrected chi connectivity index (χ1v) is 4.24. The van der Waals surface area contributed by atoms with E-state index in [0.29, 0.717) is 12.3 Å². The molecular formula is C9H18O2. The van der Waals surface area contributed by atoms with E-state index in [0.717, 1.165) is 12.8 Å². The molecule has 0 aromatic carbocycles. The molecule has 0 aromatic heterocycles. The van der Waals surface area contributed by atoms with Crippen molar-refractivity contribution >= 4 is 5.78 Å². The highest BCUT2D eigenvalue weighted by Crippen LogP contribution is 2.07. The van der Waals surface area contributed by atoms with Gasteiger partial charge in [0.1, 0.15) is 6.10 Å². The smallest absolute Gasteiger partial charge is 0.160 e. The van der Waals surface area contributed by atoms with E-state index in [-0.39, 0.29) is 5.78 Å². The number of hydrogen-bond acceptors (Lipinski definition) is 2. The topological polar surface area (TPSA) is 37.3 Å². The van der Waals surface area contributed by atoms with Crippen molar-refractivity contribution in [1.82, 2.24) is 0 Å². The Morgan fingerprint density at radius 3 is 2.27 bits per heavy atom. The van der Waals surface area contributed by atoms with Crippen LogP contribution < -0.4 is 0 Å². The van der Waals surface area contributed by atoms with E-state index < -0.39 is 6.10 Å². The minimum atomic E-state index is -0.776. The number of ketones is 1. The van der Waals surface area contributed by atoms with Crippen LogP contribution in [0.15, 0.2) is 0 Å². The van der Waals surface area contributed by atoms with E-state index in [1.807, 2.05) is 0 Å². The zero-order valence-corrected chi connectivity index (χ0v) is 7.63. The Morgan fingerprint density at radius 2 is 1.91 bits per heavy atom. The van der Waals surface area contributed by atoms with Crippen molar-refractivity contribution in [3.63, 3.8) is 0 Å². The van der Waals surface area contributed by atoms with Crippen molar-refractivity contribution < 1.29 is 9.90 Å². The summed E-state index contributed by atoms with van der Waals surface area (Å²) in [6, 6.07) is 0. The Balaban J connectivity index is 3.32. The number of rotatable bonds is 5. The van der Waals surface area contributed by atoms with Gasteiger partial charge >= 0.3 is 0 Å². The number of Topliss-reactive ketones (excluding diaryl/α,β-unsaturated/α-hetero) is 1. The molecule has 2 nitrogen and oxygen atoms in total. The molecule has 0 aliphatic heterocycles. The standard InChI is InChI=1S/C9H18O2/c1-7(2)5-4-6-9(11)8(3)10/h7-8,10H,4-6H2,1-3H3. The van der Waals surface area contributed by atoms with E-state index in [4.69, 9.17) is 5.11 Å². The summed E-state index contributed by atoms with van der Waals surface area (Å²) in [7, 11) is 0. The lowest BCUT2D eigenvalue weighted by molar-refractivity contribution is -0.126. The summed E-state index contributed by atoms with van der Waals surface area (Å²) in [5, 5.41) is 8.84. The van der Waals surface area contributed by atoms with Crippen LogP contribution in [0.4, 0.5) is 0 Å². The van der Waals surface area contributed by atoms with Crippen LogP contribution in [0.25, 0.3) is 0 Å². The zero-order chi connectivity index (χ0) is 8.85. The molecule has 0 aromatic rings. The number of hydrogen-bond donors (Lipinski definition) is 1. The Hall–Kier alpha value is -0.370. The molecule has 11 heavy (non-hydrogen) atoms. The second-order valence-corrected chi connectivity index (χ2v) is 3.43. The van der Waals surface area contributed by atoms with Crippen molar-refractivity contribution in [1.29, 1.82) is 0 Å². The van der Waals surface area contributed by atoms with Crippen molar-refractivity contribution in [3.05, 3.63) is 0 Å². The van der Waals surface area contributed by atoms with Crippen molar-refractivity contribution in [2.24, 2.45) is 5.92 Å². The van der Waals surface area contributed by atoms with Crippen LogP contribution in [0, 0.1) is 5.92 Å². The van der Waals surface area contributed by atoms with Gasteiger partial charge in [-0.15, -0.1) is 0 Å². The number of aliphatic hydroxyl groups is 1. The molecule has 0 radical (unpaired) electrons. The molecule has 0 saturated carbocycles. The van der Waals surface area contributed by atoms with Gasteiger partial charge in [-0.25, -0.2) is 0 Å². The maximum Gasteiger partial charge on any atom is 0.160 e. The van der Waals surface area contributed by atoms with Gasteiger partial charge in [-0.2, -0.15) is 0 Å². The van der Waals surface area contributed by atoms with Crippen molar-refractivity contribution in [2.75, 3.05) is 0 Å². The van der Waals surface area contributed by atoms with Gasteiger partial charge in [0.2, 0.25) is 0 Å². The molecule has 0 heterocycles. The van der Waals surface area contributed by atoms with Crippen molar-refractivity contribution in [3.8, 4) is 0 Å². The second-order valence-electron chi connectivity index (χ2n) is 3.43. The van der Waals surface area contributed by atoms with Crippen LogP contribution in [0.3, 0.4) is 0 Å². The second kappa shape index (κ2) is 5.30. The lowest BCUT2D eigenvalue weighted by Gasteiger charge is -2.04. The molecule has 0 rings (SSSR count). The van der Waals surface area contributed by atoms with Gasteiger partial charge in [-0.05, 0) is 19.3 Å². The summed E-state index contributed by atoms with van der Waals surface area (Å²) in [6.45, 7) is 5.79. The quantitative estimate of drug-likeness (QED) is 0.662. The Kier molecular flexibility index (Phi) is 5.12. The largest absolute Gasteiger partial charge is 0.386 e. The van der Waals surface area contributed by atoms with Gasteiger partial charge in [0.15, 0.2) is 5.78 Å². The fourth-order valence-corrected chi connectivity index (χ4v) is 0.893. The van der Waals surface area contributed by atoms with Gasteiger partial charge in [0.25, 0.3) is 0 Å². The normalized spacial score (nSPS) is 13.5. The fraction of sp³-hybridized carbons (Fsp3) is 0.889. The molecule has 0 aliphatic rings. The molecule has 66 valence electrons. The van der Waals surface area contributed by atoms with Crippen LogP contribution >= 0.6 is 0 Å². The first-order chi connectivity index (χ1) is 5.04. The van der Waals surface area contributed by atoms with Gasteiger partial charge in [-0.3, -0.25) is 4.79 Å². The van der Waals surface area contributed by atoms with Crippen LogP contribution in [-0.4, -0.2) is 17.0 Å². The van der Waals surface area contributed by atoms with Crippen LogP contribution in [0.5, 0.6) is 0 Å². The minimum Gasteiger partial charge on any atom is -0.386 e. The van der Waals surface area contributed by atoms with Gasteiger partial charge in [0.05, 0.1) is 0 Å². The zero-order valence-electron chi connectivity index (χ0n) is 7.63. The summed E-state index contributed by atoms with van der Waals surface area (Å²) in [5.74, 6) is 0.613. The minimum absolute atomic E-state index is 0.0364. The molecule has 0 fully saturated rings. The Morgan fingerprint density at radius 1 is 1.36 bits per heavy atom. The predicted octanol–water partition coefficient (Wildman–Crippen LogP) is 1.76. The molecule has 0 amide bonds. The molecular weight excluding hydrogens is 140 g/mol. The lowest BCUT2D eigenvalue weighted by Crippen LogP contribution is -2.15.